The van der Waals surface area contributed by atoms with E-state index in [1.54, 1.807) is 4.68 Å². The van der Waals surface area contributed by atoms with Gasteiger partial charge in [-0.2, -0.15) is 5.10 Å². The van der Waals surface area contributed by atoms with E-state index in [2.05, 4.69) is 29.5 Å². The molecule has 21 heavy (non-hydrogen) atoms. The van der Waals surface area contributed by atoms with Crippen LogP contribution in [0.4, 0.5) is 5.82 Å². The third-order valence-electron chi connectivity index (χ3n) is 4.49. The Morgan fingerprint density at radius 2 is 2.14 bits per heavy atom. The smallest absolute Gasteiger partial charge is 0.232 e. The Morgan fingerprint density at radius 3 is 2.76 bits per heavy atom. The summed E-state index contributed by atoms with van der Waals surface area (Å²) in [5.74, 6) is 1.18. The number of anilines is 1. The summed E-state index contributed by atoms with van der Waals surface area (Å²) in [6, 6.07) is 12.2. The maximum atomic E-state index is 12.6. The van der Waals surface area contributed by atoms with Gasteiger partial charge in [0.25, 0.3) is 0 Å². The second-order valence-corrected chi connectivity index (χ2v) is 6.04. The Balaban J connectivity index is 1.73. The van der Waals surface area contributed by atoms with E-state index in [4.69, 9.17) is 0 Å². The standard InChI is InChI=1S/C17H21N3O/c1-4-13-10-15(20(3)19-13)18-16(21)17(2)11-14(17)12-8-6-5-7-9-12/h5-10,14H,4,11H2,1-3H3,(H,18,21)/t14-,17+/m1/s1. The molecule has 0 radical (unpaired) electrons. The number of rotatable bonds is 4. The summed E-state index contributed by atoms with van der Waals surface area (Å²) in [5, 5.41) is 7.39. The van der Waals surface area contributed by atoms with Crippen molar-refractivity contribution in [1.82, 2.24) is 9.78 Å². The predicted octanol–water partition coefficient (Wildman–Crippen LogP) is 3.11. The Labute approximate surface area is 125 Å². The predicted molar refractivity (Wildman–Crippen MR) is 83.1 cm³/mol. The fourth-order valence-corrected chi connectivity index (χ4v) is 2.86. The first-order valence-electron chi connectivity index (χ1n) is 7.44. The minimum atomic E-state index is -0.308. The largest absolute Gasteiger partial charge is 0.310 e. The number of hydrogen-bond donors (Lipinski definition) is 1. The molecular weight excluding hydrogens is 262 g/mol. The zero-order valence-electron chi connectivity index (χ0n) is 12.8. The molecule has 4 nitrogen and oxygen atoms in total. The molecule has 1 aliphatic rings. The van der Waals surface area contributed by atoms with Gasteiger partial charge in [0.1, 0.15) is 5.82 Å². The lowest BCUT2D eigenvalue weighted by Gasteiger charge is -2.12. The summed E-state index contributed by atoms with van der Waals surface area (Å²) in [6.45, 7) is 4.10. The van der Waals surface area contributed by atoms with Crippen LogP contribution in [-0.4, -0.2) is 15.7 Å². The van der Waals surface area contributed by atoms with Crippen LogP contribution in [0.2, 0.25) is 0 Å². The van der Waals surface area contributed by atoms with Crippen LogP contribution >= 0.6 is 0 Å². The normalized spacial score (nSPS) is 23.9. The van der Waals surface area contributed by atoms with Crippen molar-refractivity contribution in [2.45, 2.75) is 32.6 Å². The monoisotopic (exact) mass is 283 g/mol. The third-order valence-corrected chi connectivity index (χ3v) is 4.49. The molecule has 0 bridgehead atoms. The lowest BCUT2D eigenvalue weighted by molar-refractivity contribution is -0.120. The summed E-state index contributed by atoms with van der Waals surface area (Å²) in [5.41, 5.74) is 1.93. The Hall–Kier alpha value is -2.10. The van der Waals surface area contributed by atoms with Gasteiger partial charge >= 0.3 is 0 Å². The van der Waals surface area contributed by atoms with Crippen molar-refractivity contribution in [3.05, 3.63) is 47.7 Å². The minimum absolute atomic E-state index is 0.0852. The highest BCUT2D eigenvalue weighted by Gasteiger charge is 2.56. The average molecular weight is 283 g/mol. The summed E-state index contributed by atoms with van der Waals surface area (Å²) >= 11 is 0. The van der Waals surface area contributed by atoms with Crippen LogP contribution < -0.4 is 5.32 Å². The third kappa shape index (κ3) is 2.46. The molecule has 1 saturated carbocycles. The van der Waals surface area contributed by atoms with E-state index in [1.807, 2.05) is 38.2 Å². The number of aryl methyl sites for hydroxylation is 2. The molecule has 1 amide bonds. The number of amides is 1. The van der Waals surface area contributed by atoms with Crippen molar-refractivity contribution in [2.24, 2.45) is 12.5 Å². The summed E-state index contributed by atoms with van der Waals surface area (Å²) in [4.78, 5) is 12.6. The first-order valence-corrected chi connectivity index (χ1v) is 7.44. The fourth-order valence-electron chi connectivity index (χ4n) is 2.86. The number of aromatic nitrogens is 2. The maximum Gasteiger partial charge on any atom is 0.232 e. The van der Waals surface area contributed by atoms with Crippen LogP contribution in [0.1, 0.15) is 37.4 Å². The van der Waals surface area contributed by atoms with E-state index >= 15 is 0 Å². The number of hydrogen-bond acceptors (Lipinski definition) is 2. The van der Waals surface area contributed by atoms with Gasteiger partial charge in [0.05, 0.1) is 11.1 Å². The summed E-state index contributed by atoms with van der Waals surface area (Å²) in [7, 11) is 1.86. The van der Waals surface area contributed by atoms with Gasteiger partial charge in [-0.25, -0.2) is 0 Å². The van der Waals surface area contributed by atoms with E-state index in [0.717, 1.165) is 24.4 Å². The highest BCUT2D eigenvalue weighted by molar-refractivity contribution is 5.97. The van der Waals surface area contributed by atoms with Crippen LogP contribution in [-0.2, 0) is 18.3 Å². The molecule has 1 aromatic heterocycles. The van der Waals surface area contributed by atoms with E-state index in [9.17, 15) is 4.79 Å². The zero-order chi connectivity index (χ0) is 15.0. The molecule has 0 aliphatic heterocycles. The van der Waals surface area contributed by atoms with Crippen molar-refractivity contribution < 1.29 is 4.79 Å². The molecule has 2 atom stereocenters. The van der Waals surface area contributed by atoms with Crippen molar-refractivity contribution in [2.75, 3.05) is 5.32 Å². The van der Waals surface area contributed by atoms with Crippen LogP contribution in [0, 0.1) is 5.41 Å². The number of nitrogens with one attached hydrogen (secondary N) is 1. The molecule has 0 spiro atoms. The molecule has 3 rings (SSSR count). The van der Waals surface area contributed by atoms with Gasteiger partial charge in [0, 0.05) is 13.1 Å². The quantitative estimate of drug-likeness (QED) is 0.937. The molecule has 1 fully saturated rings. The van der Waals surface area contributed by atoms with Gasteiger partial charge in [-0.15, -0.1) is 0 Å². The van der Waals surface area contributed by atoms with Crippen LogP contribution in [0.15, 0.2) is 36.4 Å². The molecule has 4 heteroatoms. The average Bonchev–Trinajstić information content (AvgIpc) is 3.08. The van der Waals surface area contributed by atoms with Gasteiger partial charge in [-0.3, -0.25) is 9.48 Å². The maximum absolute atomic E-state index is 12.6. The van der Waals surface area contributed by atoms with Crippen LogP contribution in [0.5, 0.6) is 0 Å². The van der Waals surface area contributed by atoms with E-state index in [0.29, 0.717) is 5.92 Å². The first kappa shape index (κ1) is 13.9. The van der Waals surface area contributed by atoms with E-state index in [1.165, 1.54) is 5.56 Å². The highest BCUT2D eigenvalue weighted by Crippen LogP contribution is 2.59. The zero-order valence-corrected chi connectivity index (χ0v) is 12.8. The van der Waals surface area contributed by atoms with Crippen molar-refractivity contribution >= 4 is 11.7 Å². The van der Waals surface area contributed by atoms with Gasteiger partial charge in [0.15, 0.2) is 0 Å². The Morgan fingerprint density at radius 1 is 1.43 bits per heavy atom. The summed E-state index contributed by atoms with van der Waals surface area (Å²) < 4.78 is 1.74. The van der Waals surface area contributed by atoms with Gasteiger partial charge in [-0.05, 0) is 24.3 Å². The number of carbonyl (C=O) groups is 1. The van der Waals surface area contributed by atoms with Crippen LogP contribution in [0.3, 0.4) is 0 Å². The Bertz CT molecular complexity index is 662. The second kappa shape index (κ2) is 5.02. The molecule has 110 valence electrons. The molecule has 0 saturated heterocycles. The Kier molecular flexibility index (Phi) is 3.32. The second-order valence-electron chi connectivity index (χ2n) is 6.04. The molecule has 1 aliphatic carbocycles. The highest BCUT2D eigenvalue weighted by atomic mass is 16.2. The lowest BCUT2D eigenvalue weighted by atomic mass is 10.0. The lowest BCUT2D eigenvalue weighted by Crippen LogP contribution is -2.24. The first-order chi connectivity index (χ1) is 10.0. The molecule has 1 aromatic carbocycles. The van der Waals surface area contributed by atoms with Crippen LogP contribution in [0.25, 0.3) is 0 Å². The van der Waals surface area contributed by atoms with Crippen molar-refractivity contribution in [3.8, 4) is 0 Å². The number of nitrogens with zero attached hydrogens (tertiary/aromatic N) is 2. The topological polar surface area (TPSA) is 46.9 Å². The SMILES string of the molecule is CCc1cc(NC(=O)[C@@]2(C)C[C@@H]2c2ccccc2)n(C)n1. The molecule has 0 unspecified atom stereocenters. The number of carbonyl (C=O) groups excluding carboxylic acids is 1. The van der Waals surface area contributed by atoms with Gasteiger partial charge < -0.3 is 5.32 Å². The van der Waals surface area contributed by atoms with Gasteiger partial charge in [-0.1, -0.05) is 44.2 Å². The van der Waals surface area contributed by atoms with E-state index in [-0.39, 0.29) is 11.3 Å². The molecule has 1 heterocycles. The molecule has 2 aromatic rings. The van der Waals surface area contributed by atoms with Crippen molar-refractivity contribution in [3.63, 3.8) is 0 Å². The van der Waals surface area contributed by atoms with Gasteiger partial charge in [0.2, 0.25) is 5.91 Å². The van der Waals surface area contributed by atoms with Crippen molar-refractivity contribution in [1.29, 1.82) is 0 Å². The van der Waals surface area contributed by atoms with E-state index < -0.39 is 0 Å². The summed E-state index contributed by atoms with van der Waals surface area (Å²) in [6.07, 6.45) is 1.77. The minimum Gasteiger partial charge on any atom is -0.310 e. The number of benzene rings is 1. The molecular formula is C17H21N3O. The molecule has 1 N–H and O–H groups in total. The fraction of sp³-hybridized carbons (Fsp3) is 0.412.